The van der Waals surface area contributed by atoms with E-state index in [1.54, 1.807) is 13.8 Å². The number of nitrogens with zero attached hydrogens (tertiary/aromatic N) is 2. The lowest BCUT2D eigenvalue weighted by Crippen LogP contribution is -2.27. The van der Waals surface area contributed by atoms with Crippen LogP contribution >= 0.6 is 0 Å². The van der Waals surface area contributed by atoms with Gasteiger partial charge in [0.15, 0.2) is 0 Å². The van der Waals surface area contributed by atoms with E-state index in [9.17, 15) is 5.11 Å². The summed E-state index contributed by atoms with van der Waals surface area (Å²) in [6.07, 6.45) is 0.944. The molecule has 0 bridgehead atoms. The van der Waals surface area contributed by atoms with E-state index in [4.69, 9.17) is 0 Å². The first kappa shape index (κ1) is 10.3. The van der Waals surface area contributed by atoms with Crippen molar-refractivity contribution in [3.8, 4) is 0 Å². The number of hydrogen-bond acceptors (Lipinski definition) is 2. The Kier molecular flexibility index (Phi) is 2.76. The molecule has 0 unspecified atom stereocenters. The van der Waals surface area contributed by atoms with Gasteiger partial charge in [-0.1, -0.05) is 6.92 Å². The first-order chi connectivity index (χ1) is 5.92. The fourth-order valence-corrected chi connectivity index (χ4v) is 1.28. The Bertz CT molecular complexity index is 284. The van der Waals surface area contributed by atoms with Gasteiger partial charge in [0.25, 0.3) is 0 Å². The van der Waals surface area contributed by atoms with Gasteiger partial charge in [0.05, 0.1) is 17.8 Å². The third-order valence-electron chi connectivity index (χ3n) is 1.93. The van der Waals surface area contributed by atoms with Crippen LogP contribution in [-0.2, 0) is 13.0 Å². The van der Waals surface area contributed by atoms with Crippen molar-refractivity contribution >= 4 is 0 Å². The molecule has 0 amide bonds. The predicted octanol–water partition coefficient (Wildman–Crippen LogP) is 1.52. The Morgan fingerprint density at radius 2 is 2.15 bits per heavy atom. The smallest absolute Gasteiger partial charge is 0.0786 e. The Morgan fingerprint density at radius 3 is 2.54 bits per heavy atom. The normalized spacial score (nSPS) is 12.1. The van der Waals surface area contributed by atoms with E-state index in [1.165, 1.54) is 0 Å². The quantitative estimate of drug-likeness (QED) is 0.769. The molecule has 0 atom stereocenters. The maximum Gasteiger partial charge on any atom is 0.0786 e. The average Bonchev–Trinajstić information content (AvgIpc) is 2.29. The molecule has 0 saturated heterocycles. The molecule has 0 fully saturated rings. The van der Waals surface area contributed by atoms with E-state index in [2.05, 4.69) is 18.1 Å². The number of aromatic nitrogens is 2. The predicted molar refractivity (Wildman–Crippen MR) is 52.6 cm³/mol. The lowest BCUT2D eigenvalue weighted by molar-refractivity contribution is 0.0569. The first-order valence-electron chi connectivity index (χ1n) is 4.68. The molecule has 74 valence electrons. The van der Waals surface area contributed by atoms with Crippen molar-refractivity contribution in [2.75, 3.05) is 0 Å². The zero-order valence-corrected chi connectivity index (χ0v) is 8.83. The molecule has 0 aliphatic heterocycles. The van der Waals surface area contributed by atoms with Crippen LogP contribution in [-0.4, -0.2) is 20.5 Å². The summed E-state index contributed by atoms with van der Waals surface area (Å²) in [4.78, 5) is 0. The van der Waals surface area contributed by atoms with Crippen molar-refractivity contribution in [1.82, 2.24) is 9.78 Å². The van der Waals surface area contributed by atoms with Crippen molar-refractivity contribution in [3.63, 3.8) is 0 Å². The zero-order valence-electron chi connectivity index (χ0n) is 8.83. The van der Waals surface area contributed by atoms with Crippen LogP contribution in [0.25, 0.3) is 0 Å². The number of hydrogen-bond donors (Lipinski definition) is 1. The zero-order chi connectivity index (χ0) is 10.1. The number of rotatable bonds is 3. The van der Waals surface area contributed by atoms with E-state index >= 15 is 0 Å². The second-order valence-corrected chi connectivity index (χ2v) is 4.10. The number of aryl methyl sites for hydroxylation is 2. The second-order valence-electron chi connectivity index (χ2n) is 4.10. The van der Waals surface area contributed by atoms with E-state index in [0.29, 0.717) is 6.54 Å². The summed E-state index contributed by atoms with van der Waals surface area (Å²) in [5.41, 5.74) is 1.50. The lowest BCUT2D eigenvalue weighted by Gasteiger charge is -2.17. The maximum atomic E-state index is 9.62. The van der Waals surface area contributed by atoms with Gasteiger partial charge < -0.3 is 5.11 Å². The van der Waals surface area contributed by atoms with Gasteiger partial charge in [0.1, 0.15) is 0 Å². The van der Waals surface area contributed by atoms with Crippen LogP contribution in [0.1, 0.15) is 32.2 Å². The average molecular weight is 182 g/mol. The second kappa shape index (κ2) is 3.50. The minimum atomic E-state index is -0.693. The Balaban J connectivity index is 2.83. The highest BCUT2D eigenvalue weighted by Gasteiger charge is 2.15. The molecule has 0 aliphatic carbocycles. The Labute approximate surface area is 79.4 Å². The summed E-state index contributed by atoms with van der Waals surface area (Å²) in [5, 5.41) is 14.0. The molecular weight excluding hydrogens is 164 g/mol. The minimum absolute atomic E-state index is 0.554. The monoisotopic (exact) mass is 182 g/mol. The topological polar surface area (TPSA) is 38.0 Å². The van der Waals surface area contributed by atoms with Crippen molar-refractivity contribution in [3.05, 3.63) is 17.5 Å². The van der Waals surface area contributed by atoms with Crippen molar-refractivity contribution in [1.29, 1.82) is 0 Å². The van der Waals surface area contributed by atoms with Crippen molar-refractivity contribution in [2.24, 2.45) is 0 Å². The van der Waals surface area contributed by atoms with Gasteiger partial charge in [-0.2, -0.15) is 5.10 Å². The van der Waals surface area contributed by atoms with E-state index in [1.807, 2.05) is 11.6 Å². The summed E-state index contributed by atoms with van der Waals surface area (Å²) < 4.78 is 1.86. The maximum absolute atomic E-state index is 9.62. The molecule has 1 N–H and O–H groups in total. The molecule has 3 heteroatoms. The molecule has 13 heavy (non-hydrogen) atoms. The molecule has 3 nitrogen and oxygen atoms in total. The molecular formula is C10H18N2O. The van der Waals surface area contributed by atoms with E-state index in [0.717, 1.165) is 17.8 Å². The van der Waals surface area contributed by atoms with Crippen LogP contribution in [0.2, 0.25) is 0 Å². The van der Waals surface area contributed by atoms with Crippen LogP contribution in [0.4, 0.5) is 0 Å². The highest BCUT2D eigenvalue weighted by molar-refractivity contribution is 5.08. The number of aliphatic hydroxyl groups is 1. The largest absolute Gasteiger partial charge is 0.389 e. The molecule has 1 aromatic heterocycles. The molecule has 0 aliphatic rings. The third kappa shape index (κ3) is 2.84. The molecule has 1 aromatic rings. The lowest BCUT2D eigenvalue weighted by atomic mass is 10.1. The van der Waals surface area contributed by atoms with Gasteiger partial charge in [0, 0.05) is 5.69 Å². The standard InChI is InChI=1S/C10H18N2O/c1-5-9-6-8(2)12(11-9)7-10(3,4)13/h6,13H,5,7H2,1-4H3. The van der Waals surface area contributed by atoms with Crippen molar-refractivity contribution < 1.29 is 5.11 Å². The van der Waals surface area contributed by atoms with E-state index < -0.39 is 5.60 Å². The van der Waals surface area contributed by atoms with Gasteiger partial charge in [0.2, 0.25) is 0 Å². The van der Waals surface area contributed by atoms with Gasteiger partial charge in [-0.05, 0) is 33.3 Å². The van der Waals surface area contributed by atoms with Crippen LogP contribution < -0.4 is 0 Å². The summed E-state index contributed by atoms with van der Waals surface area (Å²) in [7, 11) is 0. The summed E-state index contributed by atoms with van der Waals surface area (Å²) in [6.45, 7) is 8.23. The summed E-state index contributed by atoms with van der Waals surface area (Å²) in [5.74, 6) is 0. The highest BCUT2D eigenvalue weighted by atomic mass is 16.3. The fourth-order valence-electron chi connectivity index (χ4n) is 1.28. The molecule has 1 heterocycles. The fraction of sp³-hybridized carbons (Fsp3) is 0.700. The summed E-state index contributed by atoms with van der Waals surface area (Å²) >= 11 is 0. The van der Waals surface area contributed by atoms with Crippen LogP contribution in [0.3, 0.4) is 0 Å². The summed E-state index contributed by atoms with van der Waals surface area (Å²) in [6, 6.07) is 2.06. The van der Waals surface area contributed by atoms with Crippen LogP contribution in [0.5, 0.6) is 0 Å². The molecule has 1 rings (SSSR count). The molecule has 0 saturated carbocycles. The SMILES string of the molecule is CCc1cc(C)n(CC(C)(C)O)n1. The third-order valence-corrected chi connectivity index (χ3v) is 1.93. The minimum Gasteiger partial charge on any atom is -0.389 e. The van der Waals surface area contributed by atoms with Crippen molar-refractivity contribution in [2.45, 2.75) is 46.3 Å². The van der Waals surface area contributed by atoms with Gasteiger partial charge in [-0.25, -0.2) is 0 Å². The molecule has 0 spiro atoms. The van der Waals surface area contributed by atoms with Gasteiger partial charge in [-0.3, -0.25) is 4.68 Å². The van der Waals surface area contributed by atoms with Crippen LogP contribution in [0, 0.1) is 6.92 Å². The Hall–Kier alpha value is -0.830. The van der Waals surface area contributed by atoms with Gasteiger partial charge in [-0.15, -0.1) is 0 Å². The Morgan fingerprint density at radius 1 is 1.54 bits per heavy atom. The first-order valence-corrected chi connectivity index (χ1v) is 4.68. The highest BCUT2D eigenvalue weighted by Crippen LogP contribution is 2.09. The molecule has 0 radical (unpaired) electrons. The van der Waals surface area contributed by atoms with E-state index in [-0.39, 0.29) is 0 Å². The molecule has 0 aromatic carbocycles. The van der Waals surface area contributed by atoms with Gasteiger partial charge >= 0.3 is 0 Å². The van der Waals surface area contributed by atoms with Crippen LogP contribution in [0.15, 0.2) is 6.07 Å².